The molecule has 33 heavy (non-hydrogen) atoms. The number of fused-ring (bicyclic) bond motifs is 1. The molecule has 2 amide bonds. The molecule has 1 unspecified atom stereocenters. The summed E-state index contributed by atoms with van der Waals surface area (Å²) in [6, 6.07) is 15.2. The number of hydrogen-bond donors (Lipinski definition) is 0. The fourth-order valence-electron chi connectivity index (χ4n) is 4.31. The van der Waals surface area contributed by atoms with Crippen LogP contribution in [0.3, 0.4) is 0 Å². The van der Waals surface area contributed by atoms with Crippen molar-refractivity contribution < 1.29 is 14.3 Å². The molecule has 170 valence electrons. The summed E-state index contributed by atoms with van der Waals surface area (Å²) in [5.74, 6) is 1.30. The van der Waals surface area contributed by atoms with Crippen molar-refractivity contribution in [2.24, 2.45) is 0 Å². The number of anilines is 1. The normalized spacial score (nSPS) is 15.6. The van der Waals surface area contributed by atoms with Gasteiger partial charge in [-0.15, -0.1) is 13.2 Å². The van der Waals surface area contributed by atoms with Gasteiger partial charge in [-0.25, -0.2) is 4.98 Å². The van der Waals surface area contributed by atoms with Crippen molar-refractivity contribution >= 4 is 28.5 Å². The maximum atomic E-state index is 13.1. The molecule has 7 nitrogen and oxygen atoms in total. The highest BCUT2D eigenvalue weighted by atomic mass is 16.5. The number of para-hydroxylation sites is 2. The predicted octanol–water partition coefficient (Wildman–Crippen LogP) is 3.77. The largest absolute Gasteiger partial charge is 0.497 e. The first kappa shape index (κ1) is 22.3. The molecule has 0 spiro atoms. The van der Waals surface area contributed by atoms with Crippen LogP contribution in [0.25, 0.3) is 11.0 Å². The second-order valence-electron chi connectivity index (χ2n) is 8.03. The van der Waals surface area contributed by atoms with E-state index in [2.05, 4.69) is 13.2 Å². The number of benzene rings is 2. The highest BCUT2D eigenvalue weighted by Gasteiger charge is 2.35. The van der Waals surface area contributed by atoms with E-state index in [1.165, 1.54) is 0 Å². The Morgan fingerprint density at radius 1 is 1.18 bits per heavy atom. The Hall–Kier alpha value is -3.87. The van der Waals surface area contributed by atoms with Crippen LogP contribution in [0.15, 0.2) is 73.8 Å². The first-order valence-corrected chi connectivity index (χ1v) is 10.9. The third-order valence-corrected chi connectivity index (χ3v) is 5.88. The van der Waals surface area contributed by atoms with E-state index in [4.69, 9.17) is 9.72 Å². The lowest BCUT2D eigenvalue weighted by molar-refractivity contribution is -0.130. The van der Waals surface area contributed by atoms with E-state index in [9.17, 15) is 9.59 Å². The van der Waals surface area contributed by atoms with Crippen LogP contribution in [0.5, 0.6) is 5.75 Å². The SMILES string of the molecule is C=CCN(CC=C)C(=O)Cn1c(C2CC(=O)N(c3cccc(OC)c3)C2)nc2ccccc21. The summed E-state index contributed by atoms with van der Waals surface area (Å²) >= 11 is 0. The summed E-state index contributed by atoms with van der Waals surface area (Å²) in [7, 11) is 1.61. The number of aromatic nitrogens is 2. The van der Waals surface area contributed by atoms with Gasteiger partial charge in [-0.1, -0.05) is 30.4 Å². The predicted molar refractivity (Wildman–Crippen MR) is 129 cm³/mol. The highest BCUT2D eigenvalue weighted by molar-refractivity contribution is 5.96. The summed E-state index contributed by atoms with van der Waals surface area (Å²) in [5.41, 5.74) is 2.49. The minimum Gasteiger partial charge on any atom is -0.497 e. The number of carbonyl (C=O) groups is 2. The second kappa shape index (κ2) is 9.73. The highest BCUT2D eigenvalue weighted by Crippen LogP contribution is 2.34. The molecule has 1 fully saturated rings. The fraction of sp³-hybridized carbons (Fsp3) is 0.269. The van der Waals surface area contributed by atoms with Crippen molar-refractivity contribution in [3.8, 4) is 5.75 Å². The number of hydrogen-bond acceptors (Lipinski definition) is 4. The molecule has 2 aromatic carbocycles. The lowest BCUT2D eigenvalue weighted by atomic mass is 10.1. The summed E-state index contributed by atoms with van der Waals surface area (Å²) in [5, 5.41) is 0. The number of ether oxygens (including phenoxy) is 1. The average molecular weight is 445 g/mol. The number of nitrogens with zero attached hydrogens (tertiary/aromatic N) is 4. The Labute approximate surface area is 193 Å². The number of amides is 2. The molecule has 0 radical (unpaired) electrons. The van der Waals surface area contributed by atoms with E-state index < -0.39 is 0 Å². The van der Waals surface area contributed by atoms with Crippen LogP contribution in [0, 0.1) is 0 Å². The maximum Gasteiger partial charge on any atom is 0.243 e. The quantitative estimate of drug-likeness (QED) is 0.471. The fourth-order valence-corrected chi connectivity index (χ4v) is 4.31. The Bertz CT molecular complexity index is 1190. The van der Waals surface area contributed by atoms with Gasteiger partial charge in [0, 0.05) is 43.7 Å². The van der Waals surface area contributed by atoms with Crippen LogP contribution < -0.4 is 9.64 Å². The van der Waals surface area contributed by atoms with Gasteiger partial charge >= 0.3 is 0 Å². The van der Waals surface area contributed by atoms with E-state index in [-0.39, 0.29) is 24.3 Å². The molecule has 0 bridgehead atoms. The van der Waals surface area contributed by atoms with Crippen LogP contribution in [-0.4, -0.2) is 53.0 Å². The molecule has 0 N–H and O–H groups in total. The Kier molecular flexibility index (Phi) is 6.58. The molecule has 0 saturated carbocycles. The standard InChI is InChI=1S/C26H28N4O3/c1-4-13-28(14-5-2)25(32)18-30-23-12-7-6-11-22(23)27-26(30)19-15-24(31)29(17-19)20-9-8-10-21(16-20)33-3/h4-12,16,19H,1-2,13-15,17-18H2,3H3. The topological polar surface area (TPSA) is 67.7 Å². The van der Waals surface area contributed by atoms with E-state index in [1.54, 1.807) is 29.1 Å². The first-order valence-electron chi connectivity index (χ1n) is 10.9. The monoisotopic (exact) mass is 444 g/mol. The molecule has 0 aliphatic carbocycles. The number of rotatable bonds is 9. The van der Waals surface area contributed by atoms with Gasteiger partial charge in [0.15, 0.2) is 0 Å². The molecule has 7 heteroatoms. The van der Waals surface area contributed by atoms with E-state index in [0.29, 0.717) is 31.8 Å². The third-order valence-electron chi connectivity index (χ3n) is 5.88. The van der Waals surface area contributed by atoms with Gasteiger partial charge in [-0.05, 0) is 24.3 Å². The Morgan fingerprint density at radius 3 is 2.67 bits per heavy atom. The zero-order chi connectivity index (χ0) is 23.4. The smallest absolute Gasteiger partial charge is 0.243 e. The van der Waals surface area contributed by atoms with Crippen LogP contribution in [-0.2, 0) is 16.1 Å². The lowest BCUT2D eigenvalue weighted by Gasteiger charge is -2.21. The van der Waals surface area contributed by atoms with Crippen molar-refractivity contribution in [3.63, 3.8) is 0 Å². The van der Waals surface area contributed by atoms with Crippen LogP contribution in [0.1, 0.15) is 18.2 Å². The van der Waals surface area contributed by atoms with E-state index >= 15 is 0 Å². The summed E-state index contributed by atoms with van der Waals surface area (Å²) in [4.78, 5) is 34.4. The van der Waals surface area contributed by atoms with Crippen LogP contribution >= 0.6 is 0 Å². The van der Waals surface area contributed by atoms with Crippen molar-refractivity contribution in [3.05, 3.63) is 79.7 Å². The van der Waals surface area contributed by atoms with Gasteiger partial charge in [0.2, 0.25) is 11.8 Å². The van der Waals surface area contributed by atoms with Crippen molar-refractivity contribution in [1.82, 2.24) is 14.5 Å². The Morgan fingerprint density at radius 2 is 1.94 bits per heavy atom. The lowest BCUT2D eigenvalue weighted by Crippen LogP contribution is -2.34. The molecule has 2 heterocycles. The summed E-state index contributed by atoms with van der Waals surface area (Å²) in [6.45, 7) is 9.02. The van der Waals surface area contributed by atoms with Gasteiger partial charge in [0.1, 0.15) is 18.1 Å². The van der Waals surface area contributed by atoms with Crippen LogP contribution in [0.2, 0.25) is 0 Å². The van der Waals surface area contributed by atoms with Gasteiger partial charge in [-0.3, -0.25) is 9.59 Å². The van der Waals surface area contributed by atoms with Gasteiger partial charge in [0.25, 0.3) is 0 Å². The van der Waals surface area contributed by atoms with Crippen molar-refractivity contribution in [2.45, 2.75) is 18.9 Å². The van der Waals surface area contributed by atoms with Gasteiger partial charge in [0.05, 0.1) is 18.1 Å². The minimum absolute atomic E-state index is 0.0260. The molecular weight excluding hydrogens is 416 g/mol. The zero-order valence-electron chi connectivity index (χ0n) is 18.8. The average Bonchev–Trinajstić information content (AvgIpc) is 3.39. The van der Waals surface area contributed by atoms with Crippen molar-refractivity contribution in [1.29, 1.82) is 0 Å². The Balaban J connectivity index is 1.66. The summed E-state index contributed by atoms with van der Waals surface area (Å²) in [6.07, 6.45) is 3.74. The molecule has 1 aliphatic rings. The van der Waals surface area contributed by atoms with Gasteiger partial charge < -0.3 is 19.1 Å². The van der Waals surface area contributed by atoms with Crippen molar-refractivity contribution in [2.75, 3.05) is 31.6 Å². The van der Waals surface area contributed by atoms with Crippen LogP contribution in [0.4, 0.5) is 5.69 Å². The number of methoxy groups -OCH3 is 1. The van der Waals surface area contributed by atoms with E-state index in [0.717, 1.165) is 22.5 Å². The zero-order valence-corrected chi connectivity index (χ0v) is 18.8. The molecule has 1 atom stereocenters. The first-order chi connectivity index (χ1) is 16.0. The molecule has 1 saturated heterocycles. The van der Waals surface area contributed by atoms with Gasteiger partial charge in [-0.2, -0.15) is 0 Å². The van der Waals surface area contributed by atoms with E-state index in [1.807, 2.05) is 53.1 Å². The molecule has 1 aliphatic heterocycles. The molecule has 3 aromatic rings. The molecular formula is C26H28N4O3. The number of carbonyl (C=O) groups excluding carboxylic acids is 2. The minimum atomic E-state index is -0.129. The third kappa shape index (κ3) is 4.53. The summed E-state index contributed by atoms with van der Waals surface area (Å²) < 4.78 is 7.26. The molecule has 4 rings (SSSR count). The number of imidazole rings is 1. The maximum absolute atomic E-state index is 13.1. The second-order valence-corrected chi connectivity index (χ2v) is 8.03. The molecule has 1 aromatic heterocycles.